The number of alkyl halides is 2. The number of hydrogen-bond acceptors (Lipinski definition) is 5. The topological polar surface area (TPSA) is 72.2 Å². The average Bonchev–Trinajstić information content (AvgIpc) is 2.35. The SMILES string of the molecule is COC(=O)c1ncc(OC)c(C#N)c1C(F)F. The number of carbonyl (C=O) groups excluding carboxylic acids is 1. The van der Waals surface area contributed by atoms with Gasteiger partial charge in [-0.25, -0.2) is 18.6 Å². The van der Waals surface area contributed by atoms with Gasteiger partial charge in [0.25, 0.3) is 6.43 Å². The molecule has 1 aromatic rings. The van der Waals surface area contributed by atoms with Crippen LogP contribution in [-0.4, -0.2) is 25.2 Å². The summed E-state index contributed by atoms with van der Waals surface area (Å²) in [5.74, 6) is -1.14. The summed E-state index contributed by atoms with van der Waals surface area (Å²) in [4.78, 5) is 14.8. The Bertz CT molecular complexity index is 483. The van der Waals surface area contributed by atoms with E-state index in [0.717, 1.165) is 13.3 Å². The second-order valence-electron chi connectivity index (χ2n) is 2.87. The molecule has 0 bridgehead atoms. The molecule has 0 amide bonds. The van der Waals surface area contributed by atoms with Gasteiger partial charge in [-0.2, -0.15) is 5.26 Å². The summed E-state index contributed by atoms with van der Waals surface area (Å²) in [6, 6.07) is 1.56. The van der Waals surface area contributed by atoms with Gasteiger partial charge in [-0.15, -0.1) is 0 Å². The van der Waals surface area contributed by atoms with Gasteiger partial charge < -0.3 is 9.47 Å². The fourth-order valence-electron chi connectivity index (χ4n) is 1.25. The Kier molecular flexibility index (Phi) is 3.93. The Morgan fingerprint density at radius 1 is 1.53 bits per heavy atom. The highest BCUT2D eigenvalue weighted by Crippen LogP contribution is 2.31. The Morgan fingerprint density at radius 2 is 2.18 bits per heavy atom. The molecule has 0 saturated heterocycles. The Labute approximate surface area is 95.6 Å². The summed E-state index contributed by atoms with van der Waals surface area (Å²) in [6.07, 6.45) is -2.00. The van der Waals surface area contributed by atoms with Crippen LogP contribution in [0.25, 0.3) is 0 Å². The quantitative estimate of drug-likeness (QED) is 0.754. The van der Waals surface area contributed by atoms with Gasteiger partial charge >= 0.3 is 5.97 Å². The summed E-state index contributed by atoms with van der Waals surface area (Å²) >= 11 is 0. The molecule has 1 heterocycles. The highest BCUT2D eigenvalue weighted by atomic mass is 19.3. The number of halogens is 2. The fraction of sp³-hybridized carbons (Fsp3) is 0.300. The van der Waals surface area contributed by atoms with Crippen LogP contribution in [0.15, 0.2) is 6.20 Å². The molecule has 1 rings (SSSR count). The second kappa shape index (κ2) is 5.21. The Morgan fingerprint density at radius 3 is 2.59 bits per heavy atom. The monoisotopic (exact) mass is 242 g/mol. The number of rotatable bonds is 3. The number of esters is 1. The van der Waals surface area contributed by atoms with E-state index in [4.69, 9.17) is 10.00 Å². The maximum absolute atomic E-state index is 12.8. The highest BCUT2D eigenvalue weighted by Gasteiger charge is 2.27. The first-order valence-electron chi connectivity index (χ1n) is 4.40. The molecule has 0 aromatic carbocycles. The molecule has 0 N–H and O–H groups in total. The predicted octanol–water partition coefficient (Wildman–Crippen LogP) is 1.69. The van der Waals surface area contributed by atoms with E-state index >= 15 is 0 Å². The van der Waals surface area contributed by atoms with Crippen LogP contribution in [0.4, 0.5) is 8.78 Å². The highest BCUT2D eigenvalue weighted by molar-refractivity contribution is 5.90. The van der Waals surface area contributed by atoms with Crippen LogP contribution in [0, 0.1) is 11.3 Å². The summed E-state index contributed by atoms with van der Waals surface area (Å²) in [7, 11) is 2.25. The van der Waals surface area contributed by atoms with Crippen LogP contribution in [0.3, 0.4) is 0 Å². The van der Waals surface area contributed by atoms with Crippen molar-refractivity contribution in [2.45, 2.75) is 6.43 Å². The third-order valence-corrected chi connectivity index (χ3v) is 2.01. The first kappa shape index (κ1) is 12.8. The van der Waals surface area contributed by atoms with E-state index in [1.807, 2.05) is 0 Å². The summed E-state index contributed by atoms with van der Waals surface area (Å²) in [5.41, 5.74) is -1.78. The van der Waals surface area contributed by atoms with Crippen LogP contribution >= 0.6 is 0 Å². The number of aromatic nitrogens is 1. The van der Waals surface area contributed by atoms with Gasteiger partial charge in [0.2, 0.25) is 0 Å². The van der Waals surface area contributed by atoms with E-state index in [9.17, 15) is 13.6 Å². The maximum atomic E-state index is 12.8. The zero-order chi connectivity index (χ0) is 13.0. The van der Waals surface area contributed by atoms with Gasteiger partial charge in [-0.1, -0.05) is 0 Å². The van der Waals surface area contributed by atoms with E-state index in [1.165, 1.54) is 7.11 Å². The van der Waals surface area contributed by atoms with Crippen LogP contribution in [0.1, 0.15) is 28.0 Å². The molecule has 0 fully saturated rings. The van der Waals surface area contributed by atoms with Gasteiger partial charge in [-0.05, 0) is 0 Å². The standard InChI is InChI=1S/C10H8F2N2O3/c1-16-6-4-14-8(10(15)17-2)7(9(11)12)5(6)3-13/h4,9H,1-2H3. The number of nitriles is 1. The summed E-state index contributed by atoms with van der Waals surface area (Å²) in [5, 5.41) is 8.81. The van der Waals surface area contributed by atoms with E-state index < -0.39 is 29.2 Å². The molecule has 0 aliphatic rings. The molecule has 7 heteroatoms. The third kappa shape index (κ3) is 2.30. The van der Waals surface area contributed by atoms with E-state index in [0.29, 0.717) is 0 Å². The lowest BCUT2D eigenvalue weighted by atomic mass is 10.1. The van der Waals surface area contributed by atoms with Gasteiger partial charge in [-0.3, -0.25) is 0 Å². The first-order chi connectivity index (χ1) is 8.06. The lowest BCUT2D eigenvalue weighted by Crippen LogP contribution is -2.11. The zero-order valence-corrected chi connectivity index (χ0v) is 9.03. The van der Waals surface area contributed by atoms with Crippen molar-refractivity contribution in [2.24, 2.45) is 0 Å². The fourth-order valence-corrected chi connectivity index (χ4v) is 1.25. The minimum Gasteiger partial charge on any atom is -0.494 e. The third-order valence-electron chi connectivity index (χ3n) is 2.01. The number of carbonyl (C=O) groups is 1. The van der Waals surface area contributed by atoms with Crippen molar-refractivity contribution in [1.82, 2.24) is 4.98 Å². The molecule has 0 spiro atoms. The van der Waals surface area contributed by atoms with Crippen LogP contribution in [-0.2, 0) is 4.74 Å². The molecule has 0 unspecified atom stereocenters. The van der Waals surface area contributed by atoms with Crippen molar-refractivity contribution in [1.29, 1.82) is 5.26 Å². The number of nitrogens with zero attached hydrogens (tertiary/aromatic N) is 2. The molecular formula is C10H8F2N2O3. The lowest BCUT2D eigenvalue weighted by molar-refractivity contribution is 0.0581. The van der Waals surface area contributed by atoms with Gasteiger partial charge in [0.15, 0.2) is 11.4 Å². The molecule has 17 heavy (non-hydrogen) atoms. The molecule has 90 valence electrons. The van der Waals surface area contributed by atoms with Gasteiger partial charge in [0, 0.05) is 0 Å². The molecule has 0 radical (unpaired) electrons. The minimum atomic E-state index is -3.03. The molecule has 1 aromatic heterocycles. The number of ether oxygens (including phenoxy) is 2. The van der Waals surface area contributed by atoms with Crippen molar-refractivity contribution in [3.05, 3.63) is 23.0 Å². The van der Waals surface area contributed by atoms with Crippen LogP contribution < -0.4 is 4.74 Å². The number of hydrogen-bond donors (Lipinski definition) is 0. The second-order valence-corrected chi connectivity index (χ2v) is 2.87. The average molecular weight is 242 g/mol. The van der Waals surface area contributed by atoms with Gasteiger partial charge in [0.1, 0.15) is 11.6 Å². The number of pyridine rings is 1. The summed E-state index contributed by atoms with van der Waals surface area (Å²) < 4.78 is 34.7. The van der Waals surface area contributed by atoms with Crippen molar-refractivity contribution in [3.63, 3.8) is 0 Å². The predicted molar refractivity (Wildman–Crippen MR) is 51.8 cm³/mol. The maximum Gasteiger partial charge on any atom is 0.357 e. The molecule has 5 nitrogen and oxygen atoms in total. The van der Waals surface area contributed by atoms with Gasteiger partial charge in [0.05, 0.1) is 26.0 Å². The van der Waals surface area contributed by atoms with E-state index in [2.05, 4.69) is 9.72 Å². The van der Waals surface area contributed by atoms with E-state index in [1.54, 1.807) is 6.07 Å². The smallest absolute Gasteiger partial charge is 0.357 e. The summed E-state index contributed by atoms with van der Waals surface area (Å²) in [6.45, 7) is 0. The van der Waals surface area contributed by atoms with Crippen molar-refractivity contribution < 1.29 is 23.0 Å². The minimum absolute atomic E-state index is 0.115. The Balaban J connectivity index is 3.55. The van der Waals surface area contributed by atoms with Crippen LogP contribution in [0.5, 0.6) is 5.75 Å². The van der Waals surface area contributed by atoms with Crippen molar-refractivity contribution in [2.75, 3.05) is 14.2 Å². The van der Waals surface area contributed by atoms with E-state index in [-0.39, 0.29) is 5.75 Å². The van der Waals surface area contributed by atoms with Crippen LogP contribution in [0.2, 0.25) is 0 Å². The zero-order valence-electron chi connectivity index (χ0n) is 9.03. The largest absolute Gasteiger partial charge is 0.494 e. The first-order valence-corrected chi connectivity index (χ1v) is 4.40. The normalized spacial score (nSPS) is 9.88. The Hall–Kier alpha value is -2.23. The molecule has 0 saturated carbocycles. The van der Waals surface area contributed by atoms with Crippen molar-refractivity contribution >= 4 is 5.97 Å². The lowest BCUT2D eigenvalue weighted by Gasteiger charge is -2.10. The molecule has 0 aliphatic heterocycles. The molecule has 0 aliphatic carbocycles. The molecule has 0 atom stereocenters. The number of methoxy groups -OCH3 is 2. The van der Waals surface area contributed by atoms with Crippen molar-refractivity contribution in [3.8, 4) is 11.8 Å². The molecular weight excluding hydrogens is 234 g/mol.